The Kier molecular flexibility index (Phi) is 10.5. The molecule has 2 rings (SSSR count). The quantitative estimate of drug-likeness (QED) is 0.298. The summed E-state index contributed by atoms with van der Waals surface area (Å²) in [7, 11) is 0.253. The number of halogens is 2. The Labute approximate surface area is 194 Å². The smallest absolute Gasteiger partial charge is 0.229 e. The van der Waals surface area contributed by atoms with Crippen molar-refractivity contribution in [1.82, 2.24) is 10.2 Å². The third kappa shape index (κ3) is 9.09. The monoisotopic (exact) mass is 552 g/mol. The molecule has 0 aliphatic rings. The Bertz CT molecular complexity index is 908. The van der Waals surface area contributed by atoms with Crippen LogP contribution in [0.1, 0.15) is 5.56 Å². The number of nitrogens with zero attached hydrogens (tertiary/aromatic N) is 2. The lowest BCUT2D eigenvalue weighted by Gasteiger charge is -2.22. The van der Waals surface area contributed by atoms with Crippen LogP contribution in [0.2, 0.25) is 5.02 Å². The van der Waals surface area contributed by atoms with Gasteiger partial charge in [-0.1, -0.05) is 29.8 Å². The van der Waals surface area contributed by atoms with Crippen LogP contribution in [0, 0.1) is 0 Å². The molecule has 10 heteroatoms. The number of para-hydroxylation sites is 1. The average molecular weight is 553 g/mol. The van der Waals surface area contributed by atoms with Gasteiger partial charge in [-0.3, -0.25) is 9.71 Å². The van der Waals surface area contributed by atoms with Crippen molar-refractivity contribution >= 4 is 57.2 Å². The number of rotatable bonds is 8. The highest BCUT2D eigenvalue weighted by Gasteiger charge is 2.10. The van der Waals surface area contributed by atoms with Crippen LogP contribution in [-0.2, 0) is 16.6 Å². The zero-order valence-electron chi connectivity index (χ0n) is 16.6. The van der Waals surface area contributed by atoms with E-state index in [1.807, 2.05) is 36.2 Å². The molecule has 2 aromatic rings. The molecule has 0 amide bonds. The Hall–Kier alpha value is -1.72. The highest BCUT2D eigenvalue weighted by atomic mass is 127. The fraction of sp³-hybridized carbons (Fsp3) is 0.316. The van der Waals surface area contributed by atoms with Gasteiger partial charge in [-0.2, -0.15) is 0 Å². The molecule has 0 unspecified atom stereocenters. The van der Waals surface area contributed by atoms with E-state index >= 15 is 0 Å². The summed E-state index contributed by atoms with van der Waals surface area (Å²) in [5.41, 5.74) is 1.36. The van der Waals surface area contributed by atoms with Gasteiger partial charge in [0.05, 0.1) is 18.5 Å². The summed E-state index contributed by atoms with van der Waals surface area (Å²) >= 11 is 5.86. The van der Waals surface area contributed by atoms with Gasteiger partial charge in [-0.25, -0.2) is 8.42 Å². The summed E-state index contributed by atoms with van der Waals surface area (Å²) in [4.78, 5) is 6.20. The van der Waals surface area contributed by atoms with E-state index < -0.39 is 10.0 Å². The largest absolute Gasteiger partial charge is 0.492 e. The van der Waals surface area contributed by atoms with Crippen molar-refractivity contribution in [3.63, 3.8) is 0 Å². The molecule has 0 saturated heterocycles. The zero-order valence-corrected chi connectivity index (χ0v) is 20.5. The van der Waals surface area contributed by atoms with Crippen molar-refractivity contribution in [3.05, 3.63) is 59.1 Å². The molecule has 0 atom stereocenters. The molecule has 0 saturated carbocycles. The molecular formula is C19H26ClIN4O3S. The third-order valence-corrected chi connectivity index (χ3v) is 4.67. The van der Waals surface area contributed by atoms with Crippen LogP contribution < -0.4 is 14.8 Å². The highest BCUT2D eigenvalue weighted by molar-refractivity contribution is 14.0. The molecule has 0 fully saturated rings. The van der Waals surface area contributed by atoms with Crippen LogP contribution in [-0.4, -0.2) is 52.8 Å². The first kappa shape index (κ1) is 25.3. The summed E-state index contributed by atoms with van der Waals surface area (Å²) in [6.45, 7) is 1.52. The van der Waals surface area contributed by atoms with Crippen LogP contribution in [0.5, 0.6) is 5.75 Å². The Morgan fingerprint density at radius 1 is 1.17 bits per heavy atom. The van der Waals surface area contributed by atoms with Crippen LogP contribution in [0.15, 0.2) is 53.5 Å². The van der Waals surface area contributed by atoms with Gasteiger partial charge in [0, 0.05) is 25.7 Å². The highest BCUT2D eigenvalue weighted by Crippen LogP contribution is 2.16. The van der Waals surface area contributed by atoms with E-state index in [1.165, 1.54) is 0 Å². The number of guanidine groups is 1. The van der Waals surface area contributed by atoms with Gasteiger partial charge >= 0.3 is 0 Å². The van der Waals surface area contributed by atoms with Crippen molar-refractivity contribution in [2.75, 3.05) is 38.2 Å². The lowest BCUT2D eigenvalue weighted by molar-refractivity contribution is 0.281. The van der Waals surface area contributed by atoms with Gasteiger partial charge in [0.2, 0.25) is 10.0 Å². The van der Waals surface area contributed by atoms with Gasteiger partial charge in [0.1, 0.15) is 12.4 Å². The second-order valence-electron chi connectivity index (χ2n) is 6.16. The lowest BCUT2D eigenvalue weighted by Crippen LogP contribution is -2.40. The van der Waals surface area contributed by atoms with Crippen molar-refractivity contribution in [2.24, 2.45) is 4.99 Å². The standard InChI is InChI=1S/C19H25ClN4O3S.HI/c1-21-19(24(2)12-13-27-17-10-8-16(20)9-11-17)22-14-15-6-4-5-7-18(15)23-28(3,25)26;/h4-11,23H,12-14H2,1-3H3,(H,21,22);1H. The minimum absolute atomic E-state index is 0. The Balaban J connectivity index is 0.00000420. The minimum Gasteiger partial charge on any atom is -0.492 e. The number of likely N-dealkylation sites (N-methyl/N-ethyl adjacent to an activating group) is 1. The summed E-state index contributed by atoms with van der Waals surface area (Å²) < 4.78 is 31.3. The van der Waals surface area contributed by atoms with Crippen molar-refractivity contribution in [1.29, 1.82) is 0 Å². The first-order valence-electron chi connectivity index (χ1n) is 8.64. The molecular weight excluding hydrogens is 527 g/mol. The maximum Gasteiger partial charge on any atom is 0.229 e. The van der Waals surface area contributed by atoms with Crippen LogP contribution in [0.3, 0.4) is 0 Å². The number of benzene rings is 2. The van der Waals surface area contributed by atoms with E-state index in [0.717, 1.165) is 17.6 Å². The molecule has 0 bridgehead atoms. The Morgan fingerprint density at radius 3 is 2.45 bits per heavy atom. The van der Waals surface area contributed by atoms with Gasteiger partial charge in [-0.15, -0.1) is 24.0 Å². The van der Waals surface area contributed by atoms with Crippen molar-refractivity contribution < 1.29 is 13.2 Å². The summed E-state index contributed by atoms with van der Waals surface area (Å²) in [5, 5.41) is 3.90. The van der Waals surface area contributed by atoms with E-state index in [0.29, 0.717) is 36.4 Å². The maximum atomic E-state index is 11.5. The molecule has 0 aliphatic carbocycles. The molecule has 0 aliphatic heterocycles. The van der Waals surface area contributed by atoms with Crippen LogP contribution in [0.25, 0.3) is 0 Å². The molecule has 0 radical (unpaired) electrons. The second kappa shape index (κ2) is 12.1. The van der Waals surface area contributed by atoms with Crippen molar-refractivity contribution in [2.45, 2.75) is 6.54 Å². The fourth-order valence-electron chi connectivity index (χ4n) is 2.47. The van der Waals surface area contributed by atoms with Crippen LogP contribution >= 0.6 is 35.6 Å². The number of hydrogen-bond donors (Lipinski definition) is 2. The lowest BCUT2D eigenvalue weighted by atomic mass is 10.2. The number of aliphatic imine (C=N–C) groups is 1. The van der Waals surface area contributed by atoms with Gasteiger partial charge < -0.3 is 15.0 Å². The number of ether oxygens (including phenoxy) is 1. The molecule has 2 N–H and O–H groups in total. The predicted octanol–water partition coefficient (Wildman–Crippen LogP) is 3.42. The minimum atomic E-state index is -3.34. The molecule has 29 heavy (non-hydrogen) atoms. The molecule has 0 spiro atoms. The van der Waals surface area contributed by atoms with E-state index in [4.69, 9.17) is 16.3 Å². The molecule has 0 aromatic heterocycles. The first-order chi connectivity index (χ1) is 13.3. The Morgan fingerprint density at radius 2 is 1.83 bits per heavy atom. The topological polar surface area (TPSA) is 83.0 Å². The first-order valence-corrected chi connectivity index (χ1v) is 10.9. The summed E-state index contributed by atoms with van der Waals surface area (Å²) in [6, 6.07) is 14.4. The number of nitrogens with one attached hydrogen (secondary N) is 2. The number of sulfonamides is 1. The molecule has 0 heterocycles. The van der Waals surface area contributed by atoms with E-state index in [2.05, 4.69) is 15.0 Å². The molecule has 2 aromatic carbocycles. The molecule has 7 nitrogen and oxygen atoms in total. The number of anilines is 1. The van der Waals surface area contributed by atoms with Gasteiger partial charge in [-0.05, 0) is 35.9 Å². The second-order valence-corrected chi connectivity index (χ2v) is 8.34. The van der Waals surface area contributed by atoms with E-state index in [-0.39, 0.29) is 24.0 Å². The average Bonchev–Trinajstić information content (AvgIpc) is 2.64. The normalized spacial score (nSPS) is 11.4. The summed E-state index contributed by atoms with van der Waals surface area (Å²) in [5.74, 6) is 1.43. The predicted molar refractivity (Wildman–Crippen MR) is 130 cm³/mol. The van der Waals surface area contributed by atoms with Gasteiger partial charge in [0.25, 0.3) is 0 Å². The van der Waals surface area contributed by atoms with Gasteiger partial charge in [0.15, 0.2) is 5.96 Å². The molecule has 160 valence electrons. The SMILES string of the molecule is CN=C(NCc1ccccc1NS(C)(=O)=O)N(C)CCOc1ccc(Cl)cc1.I. The van der Waals surface area contributed by atoms with E-state index in [9.17, 15) is 8.42 Å². The van der Waals surface area contributed by atoms with Crippen LogP contribution in [0.4, 0.5) is 5.69 Å². The van der Waals surface area contributed by atoms with Crippen molar-refractivity contribution in [3.8, 4) is 5.75 Å². The zero-order chi connectivity index (χ0) is 20.6. The van der Waals surface area contributed by atoms with E-state index in [1.54, 1.807) is 31.3 Å². The fourth-order valence-corrected chi connectivity index (χ4v) is 3.19. The number of hydrogen-bond acceptors (Lipinski definition) is 4. The maximum absolute atomic E-state index is 11.5. The third-order valence-electron chi connectivity index (χ3n) is 3.83. The summed E-state index contributed by atoms with van der Waals surface area (Å²) in [6.07, 6.45) is 1.13.